The molecule has 138 valence electrons. The highest BCUT2D eigenvalue weighted by Gasteiger charge is 2.27. The number of carbonyl (C=O) groups is 2. The highest BCUT2D eigenvalue weighted by atomic mass is 16.5. The van der Waals surface area contributed by atoms with Crippen LogP contribution in [-0.2, 0) is 9.53 Å². The van der Waals surface area contributed by atoms with E-state index in [4.69, 9.17) is 4.74 Å². The average molecular weight is 348 g/mol. The molecule has 1 saturated heterocycles. The predicted octanol–water partition coefficient (Wildman–Crippen LogP) is 0.799. The predicted molar refractivity (Wildman–Crippen MR) is 97.9 cm³/mol. The molecule has 1 fully saturated rings. The lowest BCUT2D eigenvalue weighted by molar-refractivity contribution is -0.907. The van der Waals surface area contributed by atoms with Gasteiger partial charge >= 0.3 is 0 Å². The summed E-state index contributed by atoms with van der Waals surface area (Å²) in [7, 11) is 0. The molecule has 2 amide bonds. The van der Waals surface area contributed by atoms with Gasteiger partial charge in [-0.15, -0.1) is 0 Å². The lowest BCUT2D eigenvalue weighted by atomic mass is 10.1. The van der Waals surface area contributed by atoms with Crippen LogP contribution >= 0.6 is 0 Å². The summed E-state index contributed by atoms with van der Waals surface area (Å²) in [5.74, 6) is -0.0497. The summed E-state index contributed by atoms with van der Waals surface area (Å²) >= 11 is 0. The Balaban J connectivity index is 1.97. The van der Waals surface area contributed by atoms with Crippen LogP contribution in [0.4, 0.5) is 5.69 Å². The van der Waals surface area contributed by atoms with Gasteiger partial charge in [0.15, 0.2) is 6.54 Å². The van der Waals surface area contributed by atoms with Gasteiger partial charge in [0.2, 0.25) is 0 Å². The molecule has 1 unspecified atom stereocenters. The molecule has 1 aromatic rings. The molecule has 0 aliphatic carbocycles. The quantitative estimate of drug-likeness (QED) is 0.799. The number of ether oxygens (including phenoxy) is 1. The van der Waals surface area contributed by atoms with Crippen LogP contribution in [0.15, 0.2) is 24.3 Å². The van der Waals surface area contributed by atoms with E-state index in [1.165, 1.54) is 4.90 Å². The number of hydrogen-bond acceptors (Lipinski definition) is 3. The summed E-state index contributed by atoms with van der Waals surface area (Å²) in [6.45, 7) is 11.4. The summed E-state index contributed by atoms with van der Waals surface area (Å²) in [5.41, 5.74) is 1.26. The van der Waals surface area contributed by atoms with E-state index in [1.54, 1.807) is 23.1 Å². The fourth-order valence-electron chi connectivity index (χ4n) is 3.39. The number of nitrogens with zero attached hydrogens (tertiary/aromatic N) is 1. The van der Waals surface area contributed by atoms with Crippen molar-refractivity contribution in [3.8, 4) is 0 Å². The molecule has 1 aromatic carbocycles. The van der Waals surface area contributed by atoms with E-state index in [9.17, 15) is 9.59 Å². The van der Waals surface area contributed by atoms with Crippen molar-refractivity contribution >= 4 is 17.5 Å². The molecule has 0 spiro atoms. The molecule has 3 atom stereocenters. The molecule has 0 bridgehead atoms. The minimum atomic E-state index is -0.0382. The Hall–Kier alpha value is -1.92. The highest BCUT2D eigenvalue weighted by molar-refractivity contribution is 5.97. The van der Waals surface area contributed by atoms with E-state index in [0.717, 1.165) is 13.1 Å². The number of carbonyl (C=O) groups excluding carboxylic acids is 2. The first kappa shape index (κ1) is 19.4. The Morgan fingerprint density at radius 1 is 1.20 bits per heavy atom. The summed E-state index contributed by atoms with van der Waals surface area (Å²) in [5, 5.41) is 2.92. The van der Waals surface area contributed by atoms with E-state index >= 15 is 0 Å². The van der Waals surface area contributed by atoms with Gasteiger partial charge < -0.3 is 19.9 Å². The monoisotopic (exact) mass is 348 g/mol. The third kappa shape index (κ3) is 5.54. The van der Waals surface area contributed by atoms with E-state index in [-0.39, 0.29) is 24.0 Å². The minimum Gasteiger partial charge on any atom is -0.364 e. The fourth-order valence-corrected chi connectivity index (χ4v) is 3.39. The fraction of sp³-hybridized carbons (Fsp3) is 0.579. The van der Waals surface area contributed by atoms with Crippen LogP contribution < -0.4 is 10.2 Å². The maximum Gasteiger partial charge on any atom is 0.279 e. The molecule has 1 aliphatic rings. The van der Waals surface area contributed by atoms with Crippen LogP contribution in [0.25, 0.3) is 0 Å². The van der Waals surface area contributed by atoms with Gasteiger partial charge in [-0.3, -0.25) is 9.59 Å². The second-order valence-corrected chi connectivity index (χ2v) is 6.70. The van der Waals surface area contributed by atoms with E-state index in [1.807, 2.05) is 33.8 Å². The number of rotatable bonds is 6. The van der Waals surface area contributed by atoms with Crippen molar-refractivity contribution in [2.75, 3.05) is 38.0 Å². The zero-order valence-electron chi connectivity index (χ0n) is 15.7. The molecule has 6 heteroatoms. The second kappa shape index (κ2) is 8.97. The van der Waals surface area contributed by atoms with Crippen LogP contribution in [0.2, 0.25) is 0 Å². The zero-order chi connectivity index (χ0) is 18.4. The van der Waals surface area contributed by atoms with Crippen LogP contribution in [0.3, 0.4) is 0 Å². The van der Waals surface area contributed by atoms with Gasteiger partial charge in [0.25, 0.3) is 11.8 Å². The molecular weight excluding hydrogens is 318 g/mol. The maximum atomic E-state index is 12.4. The van der Waals surface area contributed by atoms with E-state index in [0.29, 0.717) is 30.9 Å². The Morgan fingerprint density at radius 3 is 2.44 bits per heavy atom. The molecule has 0 aromatic heterocycles. The van der Waals surface area contributed by atoms with Gasteiger partial charge in [0, 0.05) is 24.3 Å². The Kier molecular flexibility index (Phi) is 6.96. The molecule has 6 nitrogen and oxygen atoms in total. The van der Waals surface area contributed by atoms with Gasteiger partial charge in [-0.1, -0.05) is 6.07 Å². The van der Waals surface area contributed by atoms with Gasteiger partial charge in [0.05, 0.1) is 0 Å². The molecule has 2 N–H and O–H groups in total. The Bertz CT molecular complexity index is 591. The Labute approximate surface area is 150 Å². The topological polar surface area (TPSA) is 63.1 Å². The molecule has 0 radical (unpaired) electrons. The van der Waals surface area contributed by atoms with Crippen molar-refractivity contribution in [3.05, 3.63) is 29.8 Å². The third-order valence-corrected chi connectivity index (χ3v) is 4.47. The van der Waals surface area contributed by atoms with Crippen molar-refractivity contribution in [1.29, 1.82) is 0 Å². The normalized spacial score (nSPS) is 23.1. The Morgan fingerprint density at radius 2 is 1.84 bits per heavy atom. The van der Waals surface area contributed by atoms with Crippen LogP contribution in [-0.4, -0.2) is 61.6 Å². The van der Waals surface area contributed by atoms with Gasteiger partial charge in [-0.2, -0.15) is 0 Å². The van der Waals surface area contributed by atoms with Crippen LogP contribution in [0.5, 0.6) is 0 Å². The highest BCUT2D eigenvalue weighted by Crippen LogP contribution is 2.12. The van der Waals surface area contributed by atoms with Crippen molar-refractivity contribution in [2.24, 2.45) is 0 Å². The van der Waals surface area contributed by atoms with Gasteiger partial charge in [-0.25, -0.2) is 0 Å². The number of hydrogen-bond donors (Lipinski definition) is 2. The standard InChI is InChI=1S/C19H29N3O3/c1-5-22(6-2)19(24)16-8-7-9-17(10-16)20-18(23)13-21-11-14(3)25-15(4)12-21/h7-10,14-15H,5-6,11-13H2,1-4H3,(H,20,23)/p+1/t14-,15+. The lowest BCUT2D eigenvalue weighted by Gasteiger charge is -2.31. The van der Waals surface area contributed by atoms with Gasteiger partial charge in [-0.05, 0) is 45.9 Å². The van der Waals surface area contributed by atoms with Crippen molar-refractivity contribution in [3.63, 3.8) is 0 Å². The number of benzene rings is 1. The SMILES string of the molecule is CCN(CC)C(=O)c1cccc(NC(=O)C[NH+]2C[C@@H](C)O[C@@H](C)C2)c1. The number of nitrogens with one attached hydrogen (secondary N) is 2. The number of morpholine rings is 1. The maximum absolute atomic E-state index is 12.4. The van der Waals surface area contributed by atoms with E-state index in [2.05, 4.69) is 5.32 Å². The third-order valence-electron chi connectivity index (χ3n) is 4.47. The first-order chi connectivity index (χ1) is 11.9. The summed E-state index contributed by atoms with van der Waals surface area (Å²) in [6, 6.07) is 7.15. The molecule has 25 heavy (non-hydrogen) atoms. The second-order valence-electron chi connectivity index (χ2n) is 6.70. The molecule has 0 saturated carbocycles. The number of quaternary nitrogens is 1. The van der Waals surface area contributed by atoms with E-state index < -0.39 is 0 Å². The molecule has 1 heterocycles. The molecule has 2 rings (SSSR count). The summed E-state index contributed by atoms with van der Waals surface area (Å²) < 4.78 is 5.71. The van der Waals surface area contributed by atoms with Crippen molar-refractivity contribution in [2.45, 2.75) is 39.9 Å². The average Bonchev–Trinajstić information content (AvgIpc) is 2.55. The number of anilines is 1. The molecular formula is C19H30N3O3+. The largest absolute Gasteiger partial charge is 0.364 e. The lowest BCUT2D eigenvalue weighted by Crippen LogP contribution is -3.16. The smallest absolute Gasteiger partial charge is 0.279 e. The van der Waals surface area contributed by atoms with Gasteiger partial charge in [0.1, 0.15) is 25.3 Å². The van der Waals surface area contributed by atoms with Crippen molar-refractivity contribution in [1.82, 2.24) is 4.90 Å². The number of amides is 2. The summed E-state index contributed by atoms with van der Waals surface area (Å²) in [6.07, 6.45) is 0.336. The minimum absolute atomic E-state index is 0.0115. The molecule has 1 aliphatic heterocycles. The van der Waals surface area contributed by atoms with Crippen LogP contribution in [0, 0.1) is 0 Å². The van der Waals surface area contributed by atoms with Crippen LogP contribution in [0.1, 0.15) is 38.1 Å². The zero-order valence-corrected chi connectivity index (χ0v) is 15.7. The first-order valence-electron chi connectivity index (χ1n) is 9.11. The summed E-state index contributed by atoms with van der Waals surface area (Å²) in [4.78, 5) is 27.8. The first-order valence-corrected chi connectivity index (χ1v) is 9.11. The van der Waals surface area contributed by atoms with Crippen molar-refractivity contribution < 1.29 is 19.2 Å².